The van der Waals surface area contributed by atoms with Gasteiger partial charge in [-0.3, -0.25) is 0 Å². The van der Waals surface area contributed by atoms with Gasteiger partial charge in [0.1, 0.15) is 0 Å². The average Bonchev–Trinajstić information content (AvgIpc) is 2.51. The summed E-state index contributed by atoms with van der Waals surface area (Å²) in [5.74, 6) is 0.379. The summed E-state index contributed by atoms with van der Waals surface area (Å²) >= 11 is 1.66. The maximum Gasteiger partial charge on any atom is 0.0801 e. The summed E-state index contributed by atoms with van der Waals surface area (Å²) < 4.78 is 0. The van der Waals surface area contributed by atoms with Crippen LogP contribution in [0.15, 0.2) is 11.6 Å². The van der Waals surface area contributed by atoms with Gasteiger partial charge in [0.25, 0.3) is 0 Å². The molecule has 1 aromatic rings. The average molecular weight is 176 g/mol. The summed E-state index contributed by atoms with van der Waals surface area (Å²) in [5, 5.41) is 8.52. The quantitative estimate of drug-likeness (QED) is 0.658. The van der Waals surface area contributed by atoms with Crippen LogP contribution in [-0.4, -0.2) is 4.98 Å². The molecule has 0 aromatic carbocycles. The molecule has 3 heteroatoms. The molecule has 0 spiro atoms. The van der Waals surface area contributed by atoms with Crippen LogP contribution in [0.4, 0.5) is 0 Å². The summed E-state index contributed by atoms with van der Waals surface area (Å²) in [6.45, 7) is 0. The molecular formula is C9H8N2S. The lowest BCUT2D eigenvalue weighted by atomic mass is 9.95. The van der Waals surface area contributed by atoms with Crippen molar-refractivity contribution in [3.63, 3.8) is 0 Å². The van der Waals surface area contributed by atoms with Gasteiger partial charge in [-0.05, 0) is 18.4 Å². The highest BCUT2D eigenvalue weighted by Gasteiger charge is 2.14. The number of hydrogen-bond donors (Lipinski definition) is 0. The first kappa shape index (κ1) is 7.51. The molecule has 0 aliphatic heterocycles. The second kappa shape index (κ2) is 3.08. The van der Waals surface area contributed by atoms with Crippen molar-refractivity contribution >= 4 is 17.4 Å². The van der Waals surface area contributed by atoms with E-state index in [0.717, 1.165) is 12.1 Å². The van der Waals surface area contributed by atoms with Gasteiger partial charge in [0, 0.05) is 11.3 Å². The van der Waals surface area contributed by atoms with Crippen molar-refractivity contribution in [3.8, 4) is 6.07 Å². The van der Waals surface area contributed by atoms with E-state index in [1.807, 2.05) is 5.51 Å². The van der Waals surface area contributed by atoms with E-state index in [0.29, 0.717) is 12.3 Å². The Morgan fingerprint density at radius 1 is 1.75 bits per heavy atom. The lowest BCUT2D eigenvalue weighted by Gasteiger charge is -2.11. The van der Waals surface area contributed by atoms with Crippen molar-refractivity contribution < 1.29 is 0 Å². The minimum atomic E-state index is 0.379. The number of allylic oxidation sites excluding steroid dienone is 1. The number of thiazole rings is 1. The van der Waals surface area contributed by atoms with Crippen LogP contribution >= 0.6 is 11.3 Å². The Kier molecular flexibility index (Phi) is 1.92. The van der Waals surface area contributed by atoms with Gasteiger partial charge < -0.3 is 0 Å². The minimum absolute atomic E-state index is 0.379. The minimum Gasteiger partial charge on any atom is -0.249 e. The Labute approximate surface area is 75.2 Å². The maximum atomic E-state index is 8.52. The summed E-state index contributed by atoms with van der Waals surface area (Å²) in [4.78, 5) is 5.50. The monoisotopic (exact) mass is 176 g/mol. The first-order valence-electron chi connectivity index (χ1n) is 3.87. The third-order valence-corrected chi connectivity index (χ3v) is 2.84. The predicted molar refractivity (Wildman–Crippen MR) is 48.6 cm³/mol. The Hall–Kier alpha value is -1.14. The van der Waals surface area contributed by atoms with Crippen molar-refractivity contribution in [2.45, 2.75) is 12.8 Å². The van der Waals surface area contributed by atoms with Crippen LogP contribution in [0.1, 0.15) is 17.0 Å². The van der Waals surface area contributed by atoms with Crippen molar-refractivity contribution in [2.75, 3.05) is 0 Å². The summed E-state index contributed by atoms with van der Waals surface area (Å²) in [5.41, 5.74) is 3.02. The van der Waals surface area contributed by atoms with E-state index in [9.17, 15) is 0 Å². The summed E-state index contributed by atoms with van der Waals surface area (Å²) in [6, 6.07) is 2.18. The predicted octanol–water partition coefficient (Wildman–Crippen LogP) is 2.24. The third kappa shape index (κ3) is 1.26. The van der Waals surface area contributed by atoms with E-state index in [1.165, 1.54) is 4.88 Å². The van der Waals surface area contributed by atoms with Crippen molar-refractivity contribution in [1.82, 2.24) is 4.98 Å². The molecule has 0 amide bonds. The molecule has 0 bridgehead atoms. The second-order valence-corrected chi connectivity index (χ2v) is 3.74. The normalized spacial score (nSPS) is 20.1. The van der Waals surface area contributed by atoms with Crippen molar-refractivity contribution in [3.05, 3.63) is 22.2 Å². The first-order chi connectivity index (χ1) is 5.90. The Morgan fingerprint density at radius 3 is 3.50 bits per heavy atom. The molecular weight excluding hydrogens is 168 g/mol. The number of fused-ring (bicyclic) bond motifs is 1. The SMILES string of the molecule is N#CCC1C=Cc2scnc2C1. The number of hydrogen-bond acceptors (Lipinski definition) is 3. The van der Waals surface area contributed by atoms with E-state index in [1.54, 1.807) is 11.3 Å². The molecule has 2 rings (SSSR count). The maximum absolute atomic E-state index is 8.52. The van der Waals surface area contributed by atoms with Crippen LogP contribution in [-0.2, 0) is 6.42 Å². The number of nitriles is 1. The van der Waals surface area contributed by atoms with Gasteiger partial charge in [-0.2, -0.15) is 5.26 Å². The highest BCUT2D eigenvalue weighted by Crippen LogP contribution is 2.26. The molecule has 60 valence electrons. The van der Waals surface area contributed by atoms with Crippen LogP contribution in [0.5, 0.6) is 0 Å². The zero-order valence-electron chi connectivity index (χ0n) is 6.53. The summed E-state index contributed by atoms with van der Waals surface area (Å²) in [6.07, 6.45) is 5.73. The fourth-order valence-corrected chi connectivity index (χ4v) is 2.09. The van der Waals surface area contributed by atoms with Crippen LogP contribution in [0.3, 0.4) is 0 Å². The lowest BCUT2D eigenvalue weighted by molar-refractivity contribution is 0.651. The van der Waals surface area contributed by atoms with Crippen LogP contribution in [0.25, 0.3) is 6.08 Å². The molecule has 12 heavy (non-hydrogen) atoms. The zero-order valence-corrected chi connectivity index (χ0v) is 7.34. The van der Waals surface area contributed by atoms with E-state index < -0.39 is 0 Å². The Balaban J connectivity index is 2.20. The highest BCUT2D eigenvalue weighted by molar-refractivity contribution is 7.10. The smallest absolute Gasteiger partial charge is 0.0801 e. The second-order valence-electron chi connectivity index (χ2n) is 2.85. The lowest BCUT2D eigenvalue weighted by Crippen LogP contribution is -2.05. The van der Waals surface area contributed by atoms with Gasteiger partial charge in [0.2, 0.25) is 0 Å². The number of aromatic nitrogens is 1. The fourth-order valence-electron chi connectivity index (χ4n) is 1.36. The molecule has 1 heterocycles. The molecule has 1 aromatic heterocycles. The van der Waals surface area contributed by atoms with Gasteiger partial charge in [-0.25, -0.2) is 4.98 Å². The fraction of sp³-hybridized carbons (Fsp3) is 0.333. The molecule has 1 aliphatic carbocycles. The van der Waals surface area contributed by atoms with Crippen molar-refractivity contribution in [2.24, 2.45) is 5.92 Å². The van der Waals surface area contributed by atoms with E-state index >= 15 is 0 Å². The van der Waals surface area contributed by atoms with Gasteiger partial charge in [-0.1, -0.05) is 6.08 Å². The zero-order chi connectivity index (χ0) is 8.39. The van der Waals surface area contributed by atoms with Gasteiger partial charge in [-0.15, -0.1) is 11.3 Å². The van der Waals surface area contributed by atoms with Crippen LogP contribution < -0.4 is 0 Å². The largest absolute Gasteiger partial charge is 0.249 e. The molecule has 0 saturated carbocycles. The van der Waals surface area contributed by atoms with Gasteiger partial charge >= 0.3 is 0 Å². The molecule has 0 saturated heterocycles. The standard InChI is InChI=1S/C9H8N2S/c10-4-3-7-1-2-9-8(5-7)11-6-12-9/h1-2,6-7H,3,5H2. The third-order valence-electron chi connectivity index (χ3n) is 2.00. The molecule has 0 fully saturated rings. The Morgan fingerprint density at radius 2 is 2.67 bits per heavy atom. The summed E-state index contributed by atoms with van der Waals surface area (Å²) in [7, 11) is 0. The van der Waals surface area contributed by atoms with Crippen LogP contribution in [0.2, 0.25) is 0 Å². The van der Waals surface area contributed by atoms with E-state index in [2.05, 4.69) is 23.2 Å². The highest BCUT2D eigenvalue weighted by atomic mass is 32.1. The van der Waals surface area contributed by atoms with E-state index in [4.69, 9.17) is 5.26 Å². The molecule has 1 aliphatic rings. The first-order valence-corrected chi connectivity index (χ1v) is 4.75. The topological polar surface area (TPSA) is 36.7 Å². The molecule has 0 N–H and O–H groups in total. The van der Waals surface area contributed by atoms with Gasteiger partial charge in [0.15, 0.2) is 0 Å². The molecule has 0 radical (unpaired) electrons. The van der Waals surface area contributed by atoms with Gasteiger partial charge in [0.05, 0.1) is 17.3 Å². The molecule has 1 unspecified atom stereocenters. The number of nitrogens with zero attached hydrogens (tertiary/aromatic N) is 2. The molecule has 1 atom stereocenters. The van der Waals surface area contributed by atoms with E-state index in [-0.39, 0.29) is 0 Å². The number of rotatable bonds is 1. The Bertz CT molecular complexity index is 346. The van der Waals surface area contributed by atoms with Crippen molar-refractivity contribution in [1.29, 1.82) is 5.26 Å². The molecule has 2 nitrogen and oxygen atoms in total. The van der Waals surface area contributed by atoms with Crippen LogP contribution in [0, 0.1) is 17.2 Å².